The van der Waals surface area contributed by atoms with Crippen LogP contribution in [-0.4, -0.2) is 21.9 Å². The first-order valence-electron chi connectivity index (χ1n) is 18.2. The molecule has 0 saturated carbocycles. The third-order valence-corrected chi connectivity index (χ3v) is 14.2. The van der Waals surface area contributed by atoms with E-state index < -0.39 is 27.8 Å². The number of rotatable bonds is 8. The molecule has 0 unspecified atom stereocenters. The number of carboxylic acid groups (broad SMARTS) is 2. The van der Waals surface area contributed by atoms with Crippen LogP contribution in [0.4, 0.5) is 0 Å². The summed E-state index contributed by atoms with van der Waals surface area (Å²) in [5.41, 5.74) is 1.26. The van der Waals surface area contributed by atoms with Crippen LogP contribution in [0, 0.1) is 6.92 Å². The Morgan fingerprint density at radius 2 is 0.638 bits per heavy atom. The molecule has 0 bridgehead atoms. The fraction of sp³-hybridized carbons (Fsp3) is 0.0204. The standard InChI is InChI=1S/C30H24P2.C7H8.2C6H5NO2.Ru/c1-5-15-25(16-6-1)31(26-17-7-2-8-18-26)29-23-13-14-24-30(29)32(27-19-9-3-10-20-27)28-21-11-4-12-22-28;1-7-5-3-2-4-6-7;2*8-6(9)5-3-1-2-4-7-5;/h1-24H;2-6H,1H3;2*1-4H,(H,8,9);/q;;;;+2. The number of benzene rings is 6. The number of carbonyl (C=O) groups excluding carboxylic acids is 2. The molecule has 0 radical (unpaired) electrons. The second kappa shape index (κ2) is 24.6. The van der Waals surface area contributed by atoms with Gasteiger partial charge in [0.05, 0.1) is 23.3 Å². The average Bonchev–Trinajstić information content (AvgIpc) is 3.27. The van der Waals surface area contributed by atoms with Crippen LogP contribution in [0.5, 0.6) is 0 Å². The molecule has 2 aromatic heterocycles. The molecule has 6 nitrogen and oxygen atoms in total. The minimum Gasteiger partial charge on any atom is -0.543 e. The van der Waals surface area contributed by atoms with Crippen LogP contribution in [0.15, 0.2) is 225 Å². The number of hydrogen-bond donors (Lipinski definition) is 0. The number of carbonyl (C=O) groups is 2. The maximum absolute atomic E-state index is 10.0. The van der Waals surface area contributed by atoms with E-state index >= 15 is 0 Å². The second-order valence-electron chi connectivity index (χ2n) is 12.4. The zero-order valence-electron chi connectivity index (χ0n) is 31.7. The van der Waals surface area contributed by atoms with Crippen molar-refractivity contribution in [3.8, 4) is 0 Å². The Balaban J connectivity index is 0.000000230. The number of aromatic nitrogens is 2. The van der Waals surface area contributed by atoms with E-state index in [1.54, 1.807) is 24.3 Å². The van der Waals surface area contributed by atoms with Crippen LogP contribution in [0.3, 0.4) is 0 Å². The first-order chi connectivity index (χ1) is 27.9. The average molecular weight is 886 g/mol. The molecule has 0 aliphatic heterocycles. The molecular formula is C49H42N2O4P2Ru+2. The third kappa shape index (κ3) is 13.9. The quantitative estimate of drug-likeness (QED) is 0.147. The summed E-state index contributed by atoms with van der Waals surface area (Å²) in [6, 6.07) is 72.9. The SMILES string of the molecule is Cc1ccccc1.O=C([O-])c1ccccn1.O=C([O-])c1ccccn1.[Ru+2].c1ccc([PH+](c2ccccc2)c2ccccc2[PH+](c2ccccc2)c2ccccc2)cc1. The Morgan fingerprint density at radius 1 is 0.379 bits per heavy atom. The number of pyridine rings is 2. The van der Waals surface area contributed by atoms with Crippen molar-refractivity contribution in [1.29, 1.82) is 0 Å². The topological polar surface area (TPSA) is 106 Å². The molecule has 2 heterocycles. The summed E-state index contributed by atoms with van der Waals surface area (Å²) < 4.78 is 0. The predicted octanol–water partition coefficient (Wildman–Crippen LogP) is 5.55. The summed E-state index contributed by atoms with van der Waals surface area (Å²) in [5, 5.41) is 28.8. The van der Waals surface area contributed by atoms with Gasteiger partial charge >= 0.3 is 19.5 Å². The molecule has 0 atom stereocenters. The van der Waals surface area contributed by atoms with Gasteiger partial charge in [-0.2, -0.15) is 0 Å². The largest absolute Gasteiger partial charge is 2.00 e. The summed E-state index contributed by atoms with van der Waals surface area (Å²) in [7, 11) is -2.28. The van der Waals surface area contributed by atoms with Crippen molar-refractivity contribution in [2.75, 3.05) is 0 Å². The first kappa shape index (κ1) is 44.8. The van der Waals surface area contributed by atoms with Gasteiger partial charge in [-0.3, -0.25) is 9.97 Å². The maximum Gasteiger partial charge on any atom is 2.00 e. The smallest absolute Gasteiger partial charge is 0.543 e. The Kier molecular flexibility index (Phi) is 19.0. The van der Waals surface area contributed by atoms with Crippen LogP contribution in [0.1, 0.15) is 26.5 Å². The number of aromatic carboxylic acids is 2. The Morgan fingerprint density at radius 3 is 0.845 bits per heavy atom. The third-order valence-electron chi connectivity index (χ3n) is 8.40. The van der Waals surface area contributed by atoms with E-state index in [1.807, 2.05) is 18.2 Å². The zero-order chi connectivity index (χ0) is 40.1. The summed E-state index contributed by atoms with van der Waals surface area (Å²) in [6.45, 7) is 2.08. The minimum atomic E-state index is -1.24. The molecule has 0 saturated heterocycles. The summed E-state index contributed by atoms with van der Waals surface area (Å²) in [6.07, 6.45) is 2.82. The van der Waals surface area contributed by atoms with Crippen LogP contribution < -0.4 is 42.0 Å². The van der Waals surface area contributed by atoms with Gasteiger partial charge in [-0.05, 0) is 91.9 Å². The van der Waals surface area contributed by atoms with Gasteiger partial charge in [0, 0.05) is 12.4 Å². The van der Waals surface area contributed by atoms with Gasteiger partial charge in [-0.1, -0.05) is 133 Å². The summed E-state index contributed by atoms with van der Waals surface area (Å²) >= 11 is 0. The van der Waals surface area contributed by atoms with E-state index in [0.717, 1.165) is 0 Å². The van der Waals surface area contributed by atoms with Gasteiger partial charge in [-0.25, -0.2) is 0 Å². The fourth-order valence-corrected chi connectivity index (χ4v) is 11.8. The number of hydrogen-bond acceptors (Lipinski definition) is 6. The molecule has 9 heteroatoms. The molecule has 288 valence electrons. The molecule has 0 N–H and O–H groups in total. The molecule has 8 aromatic rings. The summed E-state index contributed by atoms with van der Waals surface area (Å²) in [5.74, 6) is -2.48. The van der Waals surface area contributed by atoms with Gasteiger partial charge in [-0.15, -0.1) is 0 Å². The fourth-order valence-electron chi connectivity index (χ4n) is 5.80. The van der Waals surface area contributed by atoms with Crippen LogP contribution in [0.2, 0.25) is 0 Å². The number of carboxylic acids is 2. The van der Waals surface area contributed by atoms with E-state index in [-0.39, 0.29) is 30.9 Å². The van der Waals surface area contributed by atoms with Crippen LogP contribution in [0.25, 0.3) is 0 Å². The second-order valence-corrected chi connectivity index (χ2v) is 17.3. The monoisotopic (exact) mass is 886 g/mol. The van der Waals surface area contributed by atoms with E-state index in [9.17, 15) is 19.8 Å². The molecule has 0 fully saturated rings. The minimum absolute atomic E-state index is 0. The molecule has 0 aliphatic carbocycles. The molecule has 8 rings (SSSR count). The molecule has 0 aliphatic rings. The van der Waals surface area contributed by atoms with Gasteiger partial charge in [0.2, 0.25) is 0 Å². The normalized spacial score (nSPS) is 9.91. The molecule has 6 aromatic carbocycles. The Labute approximate surface area is 355 Å². The maximum atomic E-state index is 10.0. The van der Waals surface area contributed by atoms with E-state index in [2.05, 4.69) is 175 Å². The van der Waals surface area contributed by atoms with Gasteiger partial charge in [0.15, 0.2) is 0 Å². The van der Waals surface area contributed by atoms with Crippen molar-refractivity contribution in [2.24, 2.45) is 0 Å². The Hall–Kier alpha value is -5.96. The zero-order valence-corrected chi connectivity index (χ0v) is 35.5. The van der Waals surface area contributed by atoms with Crippen molar-refractivity contribution in [2.45, 2.75) is 6.92 Å². The number of aryl methyl sites for hydroxylation is 1. The van der Waals surface area contributed by atoms with Gasteiger partial charge in [0.1, 0.15) is 47.7 Å². The van der Waals surface area contributed by atoms with Gasteiger partial charge < -0.3 is 19.8 Å². The Bertz CT molecular complexity index is 2130. The van der Waals surface area contributed by atoms with E-state index in [0.29, 0.717) is 0 Å². The molecule has 0 amide bonds. The predicted molar refractivity (Wildman–Crippen MR) is 235 cm³/mol. The number of nitrogens with zero attached hydrogens (tertiary/aromatic N) is 2. The van der Waals surface area contributed by atoms with Gasteiger partial charge in [0.25, 0.3) is 0 Å². The van der Waals surface area contributed by atoms with Crippen molar-refractivity contribution in [3.05, 3.63) is 242 Å². The van der Waals surface area contributed by atoms with Crippen molar-refractivity contribution in [1.82, 2.24) is 9.97 Å². The summed E-state index contributed by atoms with van der Waals surface area (Å²) in [4.78, 5) is 27.1. The molecule has 0 spiro atoms. The van der Waals surface area contributed by atoms with Crippen molar-refractivity contribution in [3.63, 3.8) is 0 Å². The molecule has 58 heavy (non-hydrogen) atoms. The first-order valence-corrected chi connectivity index (χ1v) is 21.2. The van der Waals surface area contributed by atoms with Crippen LogP contribution in [-0.2, 0) is 19.5 Å². The van der Waals surface area contributed by atoms with Crippen molar-refractivity contribution >= 4 is 59.6 Å². The van der Waals surface area contributed by atoms with E-state index in [1.165, 1.54) is 61.9 Å². The molecular weight excluding hydrogens is 844 g/mol. The van der Waals surface area contributed by atoms with Crippen molar-refractivity contribution < 1.29 is 39.3 Å². The van der Waals surface area contributed by atoms with E-state index in [4.69, 9.17) is 0 Å². The van der Waals surface area contributed by atoms with Crippen LogP contribution >= 0.6 is 15.8 Å².